The molecule has 3 fully saturated rings. The number of rotatable bonds is 2. The zero-order chi connectivity index (χ0) is 11.0. The molecule has 15 heavy (non-hydrogen) atoms. The summed E-state index contributed by atoms with van der Waals surface area (Å²) in [6.07, 6.45) is 4.55. The first-order valence-electron chi connectivity index (χ1n) is 5.57. The van der Waals surface area contributed by atoms with Crippen LogP contribution in [0.5, 0.6) is 0 Å². The van der Waals surface area contributed by atoms with E-state index in [1.807, 2.05) is 0 Å². The van der Waals surface area contributed by atoms with Gasteiger partial charge in [-0.2, -0.15) is 0 Å². The Kier molecular flexibility index (Phi) is 2.67. The van der Waals surface area contributed by atoms with Gasteiger partial charge in [-0.25, -0.2) is 0 Å². The van der Waals surface area contributed by atoms with Crippen LogP contribution >= 0.6 is 0 Å². The molecule has 0 aliphatic heterocycles. The van der Waals surface area contributed by atoms with E-state index in [1.165, 1.54) is 0 Å². The number of carboxylic acids is 2. The molecular weight excluding hydrogens is 196 g/mol. The van der Waals surface area contributed by atoms with Gasteiger partial charge in [0.15, 0.2) is 0 Å². The van der Waals surface area contributed by atoms with Gasteiger partial charge in [-0.15, -0.1) is 0 Å². The largest absolute Gasteiger partial charge is 0.481 e. The Bertz CT molecular complexity index is 254. The van der Waals surface area contributed by atoms with Crippen molar-refractivity contribution in [3.05, 3.63) is 0 Å². The summed E-state index contributed by atoms with van der Waals surface area (Å²) in [7, 11) is 0. The molecule has 3 aliphatic carbocycles. The maximum absolute atomic E-state index is 11.1. The Morgan fingerprint density at radius 1 is 0.800 bits per heavy atom. The van der Waals surface area contributed by atoms with Crippen LogP contribution in [0.15, 0.2) is 0 Å². The Hall–Kier alpha value is -1.06. The summed E-state index contributed by atoms with van der Waals surface area (Å²) < 4.78 is 0. The lowest BCUT2D eigenvalue weighted by molar-refractivity contribution is -0.160. The van der Waals surface area contributed by atoms with Gasteiger partial charge in [-0.3, -0.25) is 9.59 Å². The molecule has 0 spiro atoms. The zero-order valence-corrected chi connectivity index (χ0v) is 8.56. The van der Waals surface area contributed by atoms with E-state index in [-0.39, 0.29) is 11.8 Å². The lowest BCUT2D eigenvalue weighted by Gasteiger charge is -2.35. The van der Waals surface area contributed by atoms with Gasteiger partial charge < -0.3 is 10.2 Å². The molecule has 0 heterocycles. The predicted molar refractivity (Wildman–Crippen MR) is 52.3 cm³/mol. The molecule has 3 saturated carbocycles. The average molecular weight is 212 g/mol. The molecule has 0 amide bonds. The molecule has 0 aromatic heterocycles. The molecule has 4 atom stereocenters. The minimum atomic E-state index is -0.918. The Balaban J connectivity index is 2.31. The molecule has 4 nitrogen and oxygen atoms in total. The number of carboxylic acid groups (broad SMARTS) is 2. The summed E-state index contributed by atoms with van der Waals surface area (Å²) in [5, 5.41) is 18.3. The van der Waals surface area contributed by atoms with Gasteiger partial charge in [0, 0.05) is 0 Å². The van der Waals surface area contributed by atoms with Crippen LogP contribution in [0.25, 0.3) is 0 Å². The fourth-order valence-electron chi connectivity index (χ4n) is 3.37. The third kappa shape index (κ3) is 1.73. The van der Waals surface area contributed by atoms with E-state index in [0.29, 0.717) is 0 Å². The second-order valence-corrected chi connectivity index (χ2v) is 4.76. The van der Waals surface area contributed by atoms with E-state index in [0.717, 1.165) is 32.1 Å². The van der Waals surface area contributed by atoms with Gasteiger partial charge >= 0.3 is 11.9 Å². The minimum absolute atomic E-state index is 0.0855. The SMILES string of the molecule is O=C(O)[C@@H]1[C@@H]2CCC[C@@H](CC2)[C@@H]1C(=O)O. The second kappa shape index (κ2) is 3.83. The van der Waals surface area contributed by atoms with Crippen LogP contribution in [0, 0.1) is 23.7 Å². The second-order valence-electron chi connectivity index (χ2n) is 4.76. The summed E-state index contributed by atoms with van der Waals surface area (Å²) in [6.45, 7) is 0. The van der Waals surface area contributed by atoms with Crippen LogP contribution < -0.4 is 0 Å². The predicted octanol–water partition coefficient (Wildman–Crippen LogP) is 1.60. The number of carbonyl (C=O) groups is 2. The lowest BCUT2D eigenvalue weighted by atomic mass is 9.68. The van der Waals surface area contributed by atoms with Crippen molar-refractivity contribution in [2.24, 2.45) is 23.7 Å². The fraction of sp³-hybridized carbons (Fsp3) is 0.818. The third-order valence-corrected chi connectivity index (χ3v) is 4.03. The van der Waals surface area contributed by atoms with Gasteiger partial charge in [0.1, 0.15) is 0 Å². The van der Waals surface area contributed by atoms with Crippen LogP contribution in [-0.4, -0.2) is 22.2 Å². The van der Waals surface area contributed by atoms with E-state index in [1.54, 1.807) is 0 Å². The molecular formula is C11H16O4. The van der Waals surface area contributed by atoms with Gasteiger partial charge in [0.25, 0.3) is 0 Å². The average Bonchev–Trinajstić information content (AvgIpc) is 2.48. The quantitative estimate of drug-likeness (QED) is 0.729. The topological polar surface area (TPSA) is 74.6 Å². The van der Waals surface area contributed by atoms with E-state index < -0.39 is 23.8 Å². The van der Waals surface area contributed by atoms with E-state index in [4.69, 9.17) is 10.2 Å². The zero-order valence-electron chi connectivity index (χ0n) is 8.56. The van der Waals surface area contributed by atoms with Crippen molar-refractivity contribution in [1.82, 2.24) is 0 Å². The smallest absolute Gasteiger partial charge is 0.307 e. The van der Waals surface area contributed by atoms with E-state index in [9.17, 15) is 9.59 Å². The number of hydrogen-bond donors (Lipinski definition) is 2. The standard InChI is InChI=1S/C11H16O4/c12-10(13)8-6-2-1-3-7(5-4-6)9(8)11(14)15/h6-9H,1-5H2,(H,12,13)(H,14,15)/t6-,7+,8-,9+. The molecule has 84 valence electrons. The maximum Gasteiger partial charge on any atom is 0.307 e. The van der Waals surface area contributed by atoms with Crippen LogP contribution in [-0.2, 0) is 9.59 Å². The number of hydrogen-bond acceptors (Lipinski definition) is 2. The van der Waals surface area contributed by atoms with E-state index >= 15 is 0 Å². The van der Waals surface area contributed by atoms with Crippen LogP contribution in [0.1, 0.15) is 32.1 Å². The molecule has 4 heteroatoms. The molecule has 0 aromatic rings. The molecule has 0 unspecified atom stereocenters. The molecule has 0 aromatic carbocycles. The molecule has 0 radical (unpaired) electrons. The third-order valence-electron chi connectivity index (χ3n) is 4.03. The van der Waals surface area contributed by atoms with Crippen molar-refractivity contribution >= 4 is 11.9 Å². The Labute approximate surface area is 88.3 Å². The summed E-state index contributed by atoms with van der Waals surface area (Å²) in [6, 6.07) is 0. The van der Waals surface area contributed by atoms with Crippen molar-refractivity contribution in [1.29, 1.82) is 0 Å². The highest BCUT2D eigenvalue weighted by Crippen LogP contribution is 2.46. The summed E-state index contributed by atoms with van der Waals surface area (Å²) in [5.74, 6) is -2.96. The van der Waals surface area contributed by atoms with Crippen molar-refractivity contribution in [2.75, 3.05) is 0 Å². The highest BCUT2D eigenvalue weighted by molar-refractivity contribution is 5.80. The van der Waals surface area contributed by atoms with Crippen molar-refractivity contribution < 1.29 is 19.8 Å². The van der Waals surface area contributed by atoms with Gasteiger partial charge in [0.05, 0.1) is 11.8 Å². The van der Waals surface area contributed by atoms with Crippen molar-refractivity contribution in [3.63, 3.8) is 0 Å². The maximum atomic E-state index is 11.1. The summed E-state index contributed by atoms with van der Waals surface area (Å²) in [4.78, 5) is 22.3. The first-order valence-corrected chi connectivity index (χ1v) is 5.57. The van der Waals surface area contributed by atoms with Crippen LogP contribution in [0.3, 0.4) is 0 Å². The monoisotopic (exact) mass is 212 g/mol. The molecule has 0 saturated heterocycles. The number of fused-ring (bicyclic) bond motifs is 4. The summed E-state index contributed by atoms with van der Waals surface area (Å²) in [5.41, 5.74) is 0. The van der Waals surface area contributed by atoms with Gasteiger partial charge in [0.2, 0.25) is 0 Å². The highest BCUT2D eigenvalue weighted by Gasteiger charge is 2.48. The molecule has 3 rings (SSSR count). The molecule has 2 bridgehead atoms. The van der Waals surface area contributed by atoms with Crippen molar-refractivity contribution in [3.8, 4) is 0 Å². The Morgan fingerprint density at radius 3 is 1.53 bits per heavy atom. The fourth-order valence-corrected chi connectivity index (χ4v) is 3.37. The van der Waals surface area contributed by atoms with E-state index in [2.05, 4.69) is 0 Å². The number of aliphatic carboxylic acids is 2. The highest BCUT2D eigenvalue weighted by atomic mass is 16.4. The first kappa shape index (κ1) is 10.5. The summed E-state index contributed by atoms with van der Waals surface area (Å²) >= 11 is 0. The lowest BCUT2D eigenvalue weighted by Crippen LogP contribution is -2.41. The van der Waals surface area contributed by atoms with Gasteiger partial charge in [-0.1, -0.05) is 6.42 Å². The van der Waals surface area contributed by atoms with Crippen molar-refractivity contribution in [2.45, 2.75) is 32.1 Å². The molecule has 3 aliphatic rings. The van der Waals surface area contributed by atoms with Crippen LogP contribution in [0.2, 0.25) is 0 Å². The van der Waals surface area contributed by atoms with Crippen LogP contribution in [0.4, 0.5) is 0 Å². The minimum Gasteiger partial charge on any atom is -0.481 e. The first-order chi connectivity index (χ1) is 7.11. The molecule has 2 N–H and O–H groups in total. The normalized spacial score (nSPS) is 39.7. The Morgan fingerprint density at radius 2 is 1.20 bits per heavy atom. The van der Waals surface area contributed by atoms with Gasteiger partial charge in [-0.05, 0) is 37.5 Å².